The third kappa shape index (κ3) is 3.54. The molecule has 2 aliphatic rings. The van der Waals surface area contributed by atoms with Crippen LogP contribution in [0.25, 0.3) is 10.9 Å². The summed E-state index contributed by atoms with van der Waals surface area (Å²) < 4.78 is 35.3. The summed E-state index contributed by atoms with van der Waals surface area (Å²) >= 11 is 0. The molecule has 0 bridgehead atoms. The first-order chi connectivity index (χ1) is 17.8. The lowest BCUT2D eigenvalue weighted by Crippen LogP contribution is -2.21. The molecule has 1 saturated carbocycles. The zero-order valence-corrected chi connectivity index (χ0v) is 21.4. The van der Waals surface area contributed by atoms with Crippen molar-refractivity contribution in [3.63, 3.8) is 0 Å². The average Bonchev–Trinajstić information content (AvgIpc) is 3.47. The van der Waals surface area contributed by atoms with E-state index in [2.05, 4.69) is 20.8 Å². The van der Waals surface area contributed by atoms with E-state index in [1.54, 1.807) is 26.2 Å². The summed E-state index contributed by atoms with van der Waals surface area (Å²) in [6.07, 6.45) is 0.730. The van der Waals surface area contributed by atoms with E-state index >= 15 is 0 Å². The van der Waals surface area contributed by atoms with Gasteiger partial charge in [0, 0.05) is 23.1 Å². The Morgan fingerprint density at radius 3 is 2.68 bits per heavy atom. The predicted molar refractivity (Wildman–Crippen MR) is 141 cm³/mol. The number of amides is 1. The molecule has 6 rings (SSSR count). The Labute approximate surface area is 214 Å². The second kappa shape index (κ2) is 8.24. The van der Waals surface area contributed by atoms with Gasteiger partial charge >= 0.3 is 0 Å². The second-order valence-electron chi connectivity index (χ2n) is 9.36. The quantitative estimate of drug-likeness (QED) is 0.329. The molecule has 0 radical (unpaired) electrons. The van der Waals surface area contributed by atoms with Gasteiger partial charge in [0.15, 0.2) is 15.7 Å². The van der Waals surface area contributed by atoms with Crippen LogP contribution < -0.4 is 20.1 Å². The number of H-pyrrole nitrogens is 1. The number of hydrogen-bond acceptors (Lipinski definition) is 7. The maximum absolute atomic E-state index is 13.0. The van der Waals surface area contributed by atoms with Gasteiger partial charge < -0.3 is 20.1 Å². The SMILES string of the molecule is CCS(=O)(=O)c1ccc(Nc2n[nH]c3cc([C@@H]4C[C@@]45C(=O)Nc4ccc(OC)cc45)ccc23)c(OC)c1. The summed E-state index contributed by atoms with van der Waals surface area (Å²) in [6, 6.07) is 16.5. The van der Waals surface area contributed by atoms with E-state index in [1.165, 1.54) is 13.2 Å². The molecule has 1 aromatic heterocycles. The molecule has 1 aliphatic heterocycles. The summed E-state index contributed by atoms with van der Waals surface area (Å²) in [4.78, 5) is 13.2. The van der Waals surface area contributed by atoms with Crippen LogP contribution in [0.3, 0.4) is 0 Å². The molecule has 10 heteroatoms. The van der Waals surface area contributed by atoms with Gasteiger partial charge in [-0.2, -0.15) is 5.10 Å². The third-order valence-corrected chi connectivity index (χ3v) is 9.21. The number of nitrogens with zero attached hydrogens (tertiary/aromatic N) is 1. The smallest absolute Gasteiger partial charge is 0.235 e. The fourth-order valence-electron chi connectivity index (χ4n) is 5.31. The van der Waals surface area contributed by atoms with E-state index < -0.39 is 15.3 Å². The lowest BCUT2D eigenvalue weighted by Gasteiger charge is -2.12. The standard InChI is InChI=1S/C27H26N4O5S/c1-4-37(33,34)17-7-10-22(24(13-17)36-3)28-25-18-8-5-15(11-23(18)30-31-25)20-14-27(20)19-12-16(35-2)6-9-21(19)29-26(27)32/h5-13,20H,4,14H2,1-3H3,(H,29,32)(H2,28,30,31)/t20-,27-/m0/s1. The predicted octanol–water partition coefficient (Wildman–Crippen LogP) is 4.49. The number of benzene rings is 3. The van der Waals surface area contributed by atoms with Gasteiger partial charge in [0.2, 0.25) is 5.91 Å². The van der Waals surface area contributed by atoms with Crippen LogP contribution in [0.15, 0.2) is 59.5 Å². The van der Waals surface area contributed by atoms with Crippen molar-refractivity contribution in [2.24, 2.45) is 0 Å². The zero-order chi connectivity index (χ0) is 25.9. The number of aromatic nitrogens is 2. The molecule has 190 valence electrons. The number of hydrogen-bond donors (Lipinski definition) is 3. The number of aromatic amines is 1. The third-order valence-electron chi connectivity index (χ3n) is 7.48. The average molecular weight is 519 g/mol. The molecule has 0 unspecified atom stereocenters. The molecule has 2 heterocycles. The van der Waals surface area contributed by atoms with Crippen molar-refractivity contribution >= 4 is 43.8 Å². The van der Waals surface area contributed by atoms with Gasteiger partial charge in [0.25, 0.3) is 0 Å². The van der Waals surface area contributed by atoms with E-state index in [0.717, 1.165) is 39.9 Å². The molecule has 3 aromatic carbocycles. The Kier molecular flexibility index (Phi) is 5.20. The number of ether oxygens (including phenoxy) is 2. The highest BCUT2D eigenvalue weighted by atomic mass is 32.2. The Hall–Kier alpha value is -4.05. The molecule has 3 N–H and O–H groups in total. The zero-order valence-electron chi connectivity index (χ0n) is 20.6. The number of methoxy groups -OCH3 is 2. The lowest BCUT2D eigenvalue weighted by molar-refractivity contribution is -0.118. The number of rotatable bonds is 7. The Morgan fingerprint density at radius 2 is 1.92 bits per heavy atom. The van der Waals surface area contributed by atoms with Gasteiger partial charge in [-0.25, -0.2) is 8.42 Å². The Balaban J connectivity index is 1.30. The van der Waals surface area contributed by atoms with Gasteiger partial charge in [-0.3, -0.25) is 9.89 Å². The second-order valence-corrected chi connectivity index (χ2v) is 11.6. The van der Waals surface area contributed by atoms with Crippen molar-refractivity contribution in [1.29, 1.82) is 0 Å². The highest BCUT2D eigenvalue weighted by Gasteiger charge is 2.65. The Morgan fingerprint density at radius 1 is 1.08 bits per heavy atom. The number of carbonyl (C=O) groups excluding carboxylic acids is 1. The van der Waals surface area contributed by atoms with Crippen LogP contribution in [0.5, 0.6) is 11.5 Å². The van der Waals surface area contributed by atoms with Gasteiger partial charge in [-0.1, -0.05) is 13.0 Å². The maximum atomic E-state index is 13.0. The van der Waals surface area contributed by atoms with Gasteiger partial charge in [-0.15, -0.1) is 0 Å². The van der Waals surface area contributed by atoms with Gasteiger partial charge in [-0.05, 0) is 60.0 Å². The first-order valence-corrected chi connectivity index (χ1v) is 13.6. The summed E-state index contributed by atoms with van der Waals surface area (Å²) in [7, 11) is -0.233. The van der Waals surface area contributed by atoms with Crippen LogP contribution in [-0.2, 0) is 20.0 Å². The topological polar surface area (TPSA) is 122 Å². The van der Waals surface area contributed by atoms with Gasteiger partial charge in [0.05, 0.1) is 41.5 Å². The minimum atomic E-state index is -3.35. The number of anilines is 3. The fraction of sp³-hybridized carbons (Fsp3) is 0.259. The van der Waals surface area contributed by atoms with E-state index in [1.807, 2.05) is 36.4 Å². The molecule has 2 atom stereocenters. The summed E-state index contributed by atoms with van der Waals surface area (Å²) in [6.45, 7) is 1.61. The number of nitrogens with one attached hydrogen (secondary N) is 3. The minimum Gasteiger partial charge on any atom is -0.497 e. The lowest BCUT2D eigenvalue weighted by atomic mass is 9.91. The highest BCUT2D eigenvalue weighted by Crippen LogP contribution is 2.65. The van der Waals surface area contributed by atoms with Crippen molar-refractivity contribution in [2.45, 2.75) is 29.6 Å². The molecular weight excluding hydrogens is 492 g/mol. The summed E-state index contributed by atoms with van der Waals surface area (Å²) in [5.74, 6) is 1.81. The van der Waals surface area contributed by atoms with Crippen LogP contribution in [0, 0.1) is 0 Å². The van der Waals surface area contributed by atoms with Crippen LogP contribution in [0.2, 0.25) is 0 Å². The van der Waals surface area contributed by atoms with Crippen LogP contribution in [0.1, 0.15) is 30.4 Å². The number of sulfone groups is 1. The molecular formula is C27H26N4O5S. The molecule has 9 nitrogen and oxygen atoms in total. The molecule has 1 aliphatic carbocycles. The maximum Gasteiger partial charge on any atom is 0.235 e. The minimum absolute atomic E-state index is 0.0122. The van der Waals surface area contributed by atoms with E-state index in [9.17, 15) is 13.2 Å². The van der Waals surface area contributed by atoms with Crippen LogP contribution in [0.4, 0.5) is 17.2 Å². The number of carbonyl (C=O) groups is 1. The molecule has 1 amide bonds. The summed E-state index contributed by atoms with van der Waals surface area (Å²) in [5.41, 5.74) is 3.73. The van der Waals surface area contributed by atoms with Gasteiger partial charge in [0.1, 0.15) is 11.5 Å². The van der Waals surface area contributed by atoms with Crippen molar-refractivity contribution in [1.82, 2.24) is 10.2 Å². The van der Waals surface area contributed by atoms with Crippen molar-refractivity contribution in [3.05, 3.63) is 65.7 Å². The fourth-order valence-corrected chi connectivity index (χ4v) is 6.21. The molecule has 0 saturated heterocycles. The normalized spacial score (nSPS) is 20.1. The molecule has 37 heavy (non-hydrogen) atoms. The van der Waals surface area contributed by atoms with E-state index in [4.69, 9.17) is 9.47 Å². The summed E-state index contributed by atoms with van der Waals surface area (Å²) in [5, 5.41) is 14.6. The van der Waals surface area contributed by atoms with Crippen molar-refractivity contribution in [3.8, 4) is 11.5 Å². The van der Waals surface area contributed by atoms with E-state index in [-0.39, 0.29) is 22.5 Å². The first kappa shape index (κ1) is 23.4. The molecule has 4 aromatic rings. The number of fused-ring (bicyclic) bond motifs is 3. The van der Waals surface area contributed by atoms with E-state index in [0.29, 0.717) is 17.3 Å². The largest absolute Gasteiger partial charge is 0.497 e. The van der Waals surface area contributed by atoms with Crippen LogP contribution in [-0.4, -0.2) is 44.5 Å². The van der Waals surface area contributed by atoms with Crippen molar-refractivity contribution < 1.29 is 22.7 Å². The van der Waals surface area contributed by atoms with Crippen molar-refractivity contribution in [2.75, 3.05) is 30.6 Å². The molecule has 1 spiro atoms. The monoisotopic (exact) mass is 518 g/mol. The Bertz CT molecular complexity index is 1680. The van der Waals surface area contributed by atoms with Crippen LogP contribution >= 0.6 is 0 Å². The molecule has 1 fully saturated rings. The highest BCUT2D eigenvalue weighted by molar-refractivity contribution is 7.91. The first-order valence-electron chi connectivity index (χ1n) is 12.0.